The van der Waals surface area contributed by atoms with Crippen molar-refractivity contribution in [1.82, 2.24) is 0 Å². The SMILES string of the molecule is Cc1c(NS(=O)(=O)c2sccc2C2CC2)cccc1S(C)(=O)=O. The number of hydrogen-bond acceptors (Lipinski definition) is 5. The fourth-order valence-electron chi connectivity index (χ4n) is 2.54. The zero-order valence-electron chi connectivity index (χ0n) is 12.7. The van der Waals surface area contributed by atoms with Gasteiger partial charge in [-0.3, -0.25) is 4.72 Å². The summed E-state index contributed by atoms with van der Waals surface area (Å²) in [4.78, 5) is 0.131. The van der Waals surface area contributed by atoms with Gasteiger partial charge in [0.1, 0.15) is 4.21 Å². The largest absolute Gasteiger partial charge is 0.279 e. The molecule has 1 aliphatic rings. The molecule has 3 rings (SSSR count). The molecule has 1 aromatic heterocycles. The number of nitrogens with one attached hydrogen (secondary N) is 1. The Bertz CT molecular complexity index is 954. The minimum Gasteiger partial charge on any atom is -0.279 e. The molecule has 0 radical (unpaired) electrons. The first-order chi connectivity index (χ1) is 10.7. The zero-order chi connectivity index (χ0) is 16.8. The molecule has 0 atom stereocenters. The van der Waals surface area contributed by atoms with Crippen LogP contribution in [0.15, 0.2) is 38.8 Å². The second-order valence-electron chi connectivity index (χ2n) is 5.74. The van der Waals surface area contributed by atoms with Gasteiger partial charge in [0.2, 0.25) is 0 Å². The van der Waals surface area contributed by atoms with Crippen LogP contribution in [0.3, 0.4) is 0 Å². The monoisotopic (exact) mass is 371 g/mol. The summed E-state index contributed by atoms with van der Waals surface area (Å²) >= 11 is 1.19. The normalized spacial score (nSPS) is 15.6. The van der Waals surface area contributed by atoms with Crippen LogP contribution in [0.1, 0.15) is 29.9 Å². The van der Waals surface area contributed by atoms with Crippen molar-refractivity contribution in [3.8, 4) is 0 Å². The molecule has 0 spiro atoms. The minimum absolute atomic E-state index is 0.131. The Morgan fingerprint density at radius 2 is 1.83 bits per heavy atom. The minimum atomic E-state index is -3.72. The highest BCUT2D eigenvalue weighted by Crippen LogP contribution is 2.45. The lowest BCUT2D eigenvalue weighted by Crippen LogP contribution is -2.15. The third-order valence-electron chi connectivity index (χ3n) is 3.85. The van der Waals surface area contributed by atoms with E-state index in [1.54, 1.807) is 18.4 Å². The van der Waals surface area contributed by atoms with E-state index >= 15 is 0 Å². The average Bonchev–Trinajstić information content (AvgIpc) is 3.16. The van der Waals surface area contributed by atoms with Gasteiger partial charge >= 0.3 is 0 Å². The van der Waals surface area contributed by atoms with Crippen LogP contribution in [0.25, 0.3) is 0 Å². The van der Waals surface area contributed by atoms with E-state index in [0.717, 1.165) is 24.7 Å². The van der Waals surface area contributed by atoms with Crippen molar-refractivity contribution in [2.75, 3.05) is 11.0 Å². The summed E-state index contributed by atoms with van der Waals surface area (Å²) in [6.45, 7) is 1.60. The van der Waals surface area contributed by atoms with Crippen LogP contribution in [-0.2, 0) is 19.9 Å². The van der Waals surface area contributed by atoms with Crippen molar-refractivity contribution in [3.63, 3.8) is 0 Å². The third kappa shape index (κ3) is 3.29. The fourth-order valence-corrected chi connectivity index (χ4v) is 6.19. The molecule has 0 saturated heterocycles. The van der Waals surface area contributed by atoms with E-state index in [0.29, 0.717) is 21.4 Å². The number of hydrogen-bond donors (Lipinski definition) is 1. The molecule has 23 heavy (non-hydrogen) atoms. The Morgan fingerprint density at radius 3 is 2.43 bits per heavy atom. The number of sulfone groups is 1. The van der Waals surface area contributed by atoms with Crippen molar-refractivity contribution in [2.24, 2.45) is 0 Å². The van der Waals surface area contributed by atoms with Gasteiger partial charge in [-0.2, -0.15) is 0 Å². The molecule has 1 fully saturated rings. The maximum Gasteiger partial charge on any atom is 0.271 e. The van der Waals surface area contributed by atoms with Crippen LogP contribution in [0.2, 0.25) is 0 Å². The lowest BCUT2D eigenvalue weighted by Gasteiger charge is -2.13. The van der Waals surface area contributed by atoms with Crippen molar-refractivity contribution >= 4 is 36.9 Å². The summed E-state index contributed by atoms with van der Waals surface area (Å²) in [5.74, 6) is 0.330. The highest BCUT2D eigenvalue weighted by Gasteiger charge is 2.31. The Labute approximate surface area is 140 Å². The maximum absolute atomic E-state index is 12.7. The number of anilines is 1. The molecule has 0 unspecified atom stereocenters. The van der Waals surface area contributed by atoms with Crippen LogP contribution >= 0.6 is 11.3 Å². The molecule has 124 valence electrons. The maximum atomic E-state index is 12.7. The standard InChI is InChI=1S/C15H17NO4S3/c1-10-13(4-3-5-14(10)22(2,17)18)16-23(19,20)15-12(8-9-21-15)11-6-7-11/h3-5,8-9,11,16H,6-7H2,1-2H3. The lowest BCUT2D eigenvalue weighted by molar-refractivity contribution is 0.599. The van der Waals surface area contributed by atoms with Gasteiger partial charge in [0, 0.05) is 6.26 Å². The Hall–Kier alpha value is -1.38. The van der Waals surface area contributed by atoms with E-state index in [4.69, 9.17) is 0 Å². The second kappa shape index (κ2) is 5.61. The van der Waals surface area contributed by atoms with Gasteiger partial charge < -0.3 is 0 Å². The summed E-state index contributed by atoms with van der Waals surface area (Å²) in [6.07, 6.45) is 3.14. The predicted molar refractivity (Wildman–Crippen MR) is 91.4 cm³/mol. The van der Waals surface area contributed by atoms with E-state index in [-0.39, 0.29) is 4.90 Å². The summed E-state index contributed by atoms with van der Waals surface area (Å²) in [6, 6.07) is 6.45. The molecule has 1 heterocycles. The summed E-state index contributed by atoms with van der Waals surface area (Å²) in [5, 5.41) is 1.78. The average molecular weight is 372 g/mol. The van der Waals surface area contributed by atoms with Crippen molar-refractivity contribution in [2.45, 2.75) is 34.8 Å². The van der Waals surface area contributed by atoms with E-state index in [9.17, 15) is 16.8 Å². The molecule has 1 aliphatic carbocycles. The summed E-state index contributed by atoms with van der Waals surface area (Å²) < 4.78 is 51.8. The number of sulfonamides is 1. The van der Waals surface area contributed by atoms with Crippen LogP contribution in [0.4, 0.5) is 5.69 Å². The lowest BCUT2D eigenvalue weighted by atomic mass is 10.2. The highest BCUT2D eigenvalue weighted by molar-refractivity contribution is 7.94. The molecule has 1 N–H and O–H groups in total. The highest BCUT2D eigenvalue weighted by atomic mass is 32.2. The van der Waals surface area contributed by atoms with E-state index in [1.165, 1.54) is 23.5 Å². The fraction of sp³-hybridized carbons (Fsp3) is 0.333. The topological polar surface area (TPSA) is 80.3 Å². The van der Waals surface area contributed by atoms with Gasteiger partial charge in [-0.25, -0.2) is 16.8 Å². The third-order valence-corrected chi connectivity index (χ3v) is 7.97. The zero-order valence-corrected chi connectivity index (χ0v) is 15.2. The van der Waals surface area contributed by atoms with Gasteiger partial charge in [-0.15, -0.1) is 11.3 Å². The van der Waals surface area contributed by atoms with Crippen LogP contribution in [0, 0.1) is 6.92 Å². The molecule has 1 saturated carbocycles. The van der Waals surface area contributed by atoms with Gasteiger partial charge in [0.25, 0.3) is 10.0 Å². The molecule has 8 heteroatoms. The molecule has 2 aromatic rings. The van der Waals surface area contributed by atoms with Crippen LogP contribution in [0.5, 0.6) is 0 Å². The van der Waals surface area contributed by atoms with Gasteiger partial charge in [-0.1, -0.05) is 6.07 Å². The number of thiophene rings is 1. The van der Waals surface area contributed by atoms with Crippen molar-refractivity contribution in [3.05, 3.63) is 40.8 Å². The number of rotatable bonds is 5. The summed E-state index contributed by atoms with van der Waals surface area (Å²) in [5.41, 5.74) is 1.56. The Morgan fingerprint density at radius 1 is 1.13 bits per heavy atom. The van der Waals surface area contributed by atoms with E-state index < -0.39 is 19.9 Å². The van der Waals surface area contributed by atoms with E-state index in [2.05, 4.69) is 4.72 Å². The first-order valence-corrected chi connectivity index (χ1v) is 11.4. The Balaban J connectivity index is 2.00. The molecule has 0 aliphatic heterocycles. The first-order valence-electron chi connectivity index (χ1n) is 7.10. The molecule has 0 amide bonds. The Kier molecular flexibility index (Phi) is 4.02. The molecular formula is C15H17NO4S3. The molecular weight excluding hydrogens is 354 g/mol. The predicted octanol–water partition coefficient (Wildman–Crippen LogP) is 3.14. The van der Waals surface area contributed by atoms with Gasteiger partial charge in [-0.05, 0) is 60.4 Å². The molecule has 0 bridgehead atoms. The van der Waals surface area contributed by atoms with Crippen LogP contribution < -0.4 is 4.72 Å². The molecule has 1 aromatic carbocycles. The smallest absolute Gasteiger partial charge is 0.271 e. The first kappa shape index (κ1) is 16.5. The molecule has 5 nitrogen and oxygen atoms in total. The summed E-state index contributed by atoms with van der Waals surface area (Å²) in [7, 11) is -7.13. The number of benzene rings is 1. The second-order valence-corrected chi connectivity index (χ2v) is 10.5. The van der Waals surface area contributed by atoms with E-state index in [1.807, 2.05) is 6.07 Å². The quantitative estimate of drug-likeness (QED) is 0.875. The van der Waals surface area contributed by atoms with Gasteiger partial charge in [0.15, 0.2) is 9.84 Å². The van der Waals surface area contributed by atoms with Crippen molar-refractivity contribution in [1.29, 1.82) is 0 Å². The van der Waals surface area contributed by atoms with Gasteiger partial charge in [0.05, 0.1) is 10.6 Å². The van der Waals surface area contributed by atoms with Crippen molar-refractivity contribution < 1.29 is 16.8 Å². The van der Waals surface area contributed by atoms with Crippen LogP contribution in [-0.4, -0.2) is 23.1 Å².